The molecule has 8 nitrogen and oxygen atoms in total. The highest BCUT2D eigenvalue weighted by Gasteiger charge is 1.95. The van der Waals surface area contributed by atoms with Gasteiger partial charge in [-0.05, 0) is 12.1 Å². The van der Waals surface area contributed by atoms with Gasteiger partial charge in [-0.25, -0.2) is 0 Å². The van der Waals surface area contributed by atoms with Crippen molar-refractivity contribution in [2.45, 2.75) is 13.1 Å². The first-order chi connectivity index (χ1) is 10.7. The number of benzene rings is 2. The van der Waals surface area contributed by atoms with Gasteiger partial charge in [-0.2, -0.15) is 0 Å². The van der Waals surface area contributed by atoms with E-state index in [0.717, 1.165) is 11.1 Å². The molecule has 0 radical (unpaired) electrons. The van der Waals surface area contributed by atoms with Gasteiger partial charge in [0.05, 0.1) is 0 Å². The van der Waals surface area contributed by atoms with Crippen molar-refractivity contribution < 1.29 is 10.2 Å². The molecule has 0 saturated carbocycles. The van der Waals surface area contributed by atoms with E-state index in [0.29, 0.717) is 13.1 Å². The normalized spacial score (nSPS) is 9.09. The zero-order valence-corrected chi connectivity index (χ0v) is 12.2. The molecule has 8 heteroatoms. The van der Waals surface area contributed by atoms with Crippen LogP contribution in [0.1, 0.15) is 11.1 Å². The Morgan fingerprint density at radius 3 is 1.27 bits per heavy atom. The number of hydrogen-bond acceptors (Lipinski definition) is 8. The fraction of sp³-hybridized carbons (Fsp3) is 0.143. The molecule has 0 aliphatic carbocycles. The maximum atomic E-state index is 9.15. The number of hydrazine groups is 3. The minimum atomic E-state index is 0.278. The standard InChI is InChI=1S/2C7H10N2O.H4N2/c2*8-9-5-6-3-1-2-4-7(6)10;1-2/h2*1-4,9-10H,5,8H2;1-2H2. The third-order valence-corrected chi connectivity index (χ3v) is 2.57. The number of aromatic hydroxyl groups is 2. The zero-order valence-electron chi connectivity index (χ0n) is 12.2. The fourth-order valence-electron chi connectivity index (χ4n) is 1.54. The van der Waals surface area contributed by atoms with Gasteiger partial charge in [0.1, 0.15) is 11.5 Å². The van der Waals surface area contributed by atoms with Gasteiger partial charge in [-0.1, -0.05) is 36.4 Å². The lowest BCUT2D eigenvalue weighted by atomic mass is 10.2. The maximum absolute atomic E-state index is 9.15. The van der Waals surface area contributed by atoms with Crippen LogP contribution < -0.4 is 34.2 Å². The summed E-state index contributed by atoms with van der Waals surface area (Å²) in [4.78, 5) is 0. The monoisotopic (exact) mass is 308 g/mol. The number of rotatable bonds is 4. The Balaban J connectivity index is 0.000000360. The summed E-state index contributed by atoms with van der Waals surface area (Å²) in [7, 11) is 0. The minimum absolute atomic E-state index is 0.278. The van der Waals surface area contributed by atoms with Crippen molar-refractivity contribution in [3.63, 3.8) is 0 Å². The van der Waals surface area contributed by atoms with Crippen LogP contribution in [0.25, 0.3) is 0 Å². The molecule has 0 saturated heterocycles. The van der Waals surface area contributed by atoms with E-state index in [2.05, 4.69) is 22.5 Å². The number of nitrogens with one attached hydrogen (secondary N) is 2. The smallest absolute Gasteiger partial charge is 0.120 e. The summed E-state index contributed by atoms with van der Waals surface area (Å²) in [5.74, 6) is 18.7. The van der Waals surface area contributed by atoms with Crippen molar-refractivity contribution >= 4 is 0 Å². The molecule has 0 spiro atoms. The average molecular weight is 308 g/mol. The molecule has 0 aliphatic heterocycles. The van der Waals surface area contributed by atoms with E-state index in [9.17, 15) is 0 Å². The molecule has 0 fully saturated rings. The van der Waals surface area contributed by atoms with Gasteiger partial charge in [0.2, 0.25) is 0 Å². The van der Waals surface area contributed by atoms with E-state index < -0.39 is 0 Å². The molecule has 0 atom stereocenters. The highest BCUT2D eigenvalue weighted by molar-refractivity contribution is 5.31. The Morgan fingerprint density at radius 1 is 0.682 bits per heavy atom. The van der Waals surface area contributed by atoms with E-state index in [1.54, 1.807) is 24.3 Å². The molecule has 0 aliphatic rings. The van der Waals surface area contributed by atoms with Crippen molar-refractivity contribution in [1.82, 2.24) is 10.9 Å². The summed E-state index contributed by atoms with van der Waals surface area (Å²) in [5, 5.41) is 18.3. The number of phenols is 2. The molecule has 2 aromatic rings. The number of hydrogen-bond donors (Lipinski definition) is 8. The van der Waals surface area contributed by atoms with Crippen LogP contribution >= 0.6 is 0 Å². The summed E-state index contributed by atoms with van der Waals surface area (Å²) in [6.45, 7) is 0.985. The lowest BCUT2D eigenvalue weighted by Gasteiger charge is -2.00. The van der Waals surface area contributed by atoms with E-state index in [4.69, 9.17) is 21.9 Å². The number of nitrogens with two attached hydrogens (primary N) is 4. The number of phenolic OH excluding ortho intramolecular Hbond substituents is 2. The van der Waals surface area contributed by atoms with Crippen LogP contribution in [0.4, 0.5) is 0 Å². The van der Waals surface area contributed by atoms with Gasteiger partial charge in [-0.15, -0.1) is 0 Å². The van der Waals surface area contributed by atoms with Crippen molar-refractivity contribution in [3.05, 3.63) is 59.7 Å². The maximum Gasteiger partial charge on any atom is 0.120 e. The predicted molar refractivity (Wildman–Crippen MR) is 86.6 cm³/mol. The molecule has 0 amide bonds. The summed E-state index contributed by atoms with van der Waals surface area (Å²) < 4.78 is 0. The van der Waals surface area contributed by atoms with E-state index in [1.807, 2.05) is 24.3 Å². The van der Waals surface area contributed by atoms with Crippen LogP contribution in [-0.2, 0) is 13.1 Å². The summed E-state index contributed by atoms with van der Waals surface area (Å²) in [6.07, 6.45) is 0. The Hall–Kier alpha value is -2.20. The molecule has 0 bridgehead atoms. The summed E-state index contributed by atoms with van der Waals surface area (Å²) >= 11 is 0. The lowest BCUT2D eigenvalue weighted by Crippen LogP contribution is -2.20. The second kappa shape index (κ2) is 12.5. The SMILES string of the molecule is NN.NNCc1ccccc1O.NNCc1ccccc1O. The fourth-order valence-corrected chi connectivity index (χ4v) is 1.54. The van der Waals surface area contributed by atoms with Crippen LogP contribution in [0.2, 0.25) is 0 Å². The zero-order chi connectivity index (χ0) is 16.8. The molecule has 0 heterocycles. The largest absolute Gasteiger partial charge is 0.508 e. The van der Waals surface area contributed by atoms with E-state index in [1.165, 1.54) is 0 Å². The van der Waals surface area contributed by atoms with Crippen molar-refractivity contribution in [3.8, 4) is 11.5 Å². The highest BCUT2D eigenvalue weighted by Crippen LogP contribution is 2.14. The molecule has 2 rings (SSSR count). The molecule has 0 unspecified atom stereocenters. The van der Waals surface area contributed by atoms with Crippen LogP contribution in [-0.4, -0.2) is 10.2 Å². The third-order valence-electron chi connectivity index (χ3n) is 2.57. The van der Waals surface area contributed by atoms with Crippen LogP contribution in [0.15, 0.2) is 48.5 Å². The minimum Gasteiger partial charge on any atom is -0.508 e. The van der Waals surface area contributed by atoms with Crippen molar-refractivity contribution in [1.29, 1.82) is 0 Å². The topological polar surface area (TPSA) is 169 Å². The first kappa shape index (κ1) is 19.8. The van der Waals surface area contributed by atoms with Crippen molar-refractivity contribution in [2.24, 2.45) is 23.4 Å². The molecular weight excluding hydrogens is 284 g/mol. The molecule has 22 heavy (non-hydrogen) atoms. The highest BCUT2D eigenvalue weighted by atomic mass is 16.3. The molecule has 0 aromatic heterocycles. The van der Waals surface area contributed by atoms with Crippen molar-refractivity contribution in [2.75, 3.05) is 0 Å². The number of para-hydroxylation sites is 2. The second-order valence-electron chi connectivity index (χ2n) is 4.02. The van der Waals surface area contributed by atoms with Gasteiger partial charge in [0, 0.05) is 24.2 Å². The Kier molecular flexibility index (Phi) is 11.3. The Labute approximate surface area is 129 Å². The molecule has 2 aromatic carbocycles. The molecule has 122 valence electrons. The van der Waals surface area contributed by atoms with Gasteiger partial charge >= 0.3 is 0 Å². The summed E-state index contributed by atoms with van der Waals surface area (Å²) in [6, 6.07) is 14.1. The summed E-state index contributed by atoms with van der Waals surface area (Å²) in [5.41, 5.74) is 6.55. The van der Waals surface area contributed by atoms with Crippen LogP contribution in [0.5, 0.6) is 11.5 Å². The van der Waals surface area contributed by atoms with Crippen LogP contribution in [0, 0.1) is 0 Å². The van der Waals surface area contributed by atoms with Gasteiger partial charge in [0.25, 0.3) is 0 Å². The third kappa shape index (κ3) is 7.55. The van der Waals surface area contributed by atoms with Crippen LogP contribution in [0.3, 0.4) is 0 Å². The van der Waals surface area contributed by atoms with Gasteiger partial charge in [0.15, 0.2) is 0 Å². The van der Waals surface area contributed by atoms with E-state index in [-0.39, 0.29) is 11.5 Å². The quantitative estimate of drug-likeness (QED) is 0.277. The molecule has 12 N–H and O–H groups in total. The Bertz CT molecular complexity index is 477. The molecular formula is C14H24N6O2. The van der Waals surface area contributed by atoms with Gasteiger partial charge in [-0.3, -0.25) is 34.2 Å². The average Bonchev–Trinajstić information content (AvgIpc) is 2.55. The Morgan fingerprint density at radius 2 is 1.00 bits per heavy atom. The van der Waals surface area contributed by atoms with E-state index >= 15 is 0 Å². The second-order valence-corrected chi connectivity index (χ2v) is 4.02. The lowest BCUT2D eigenvalue weighted by molar-refractivity contribution is 0.464. The first-order valence-electron chi connectivity index (χ1n) is 6.43. The predicted octanol–water partition coefficient (Wildman–Crippen LogP) is -0.470. The first-order valence-corrected chi connectivity index (χ1v) is 6.43. The van der Waals surface area contributed by atoms with Gasteiger partial charge < -0.3 is 10.2 Å².